The molecule has 2 amide bonds. The third-order valence-corrected chi connectivity index (χ3v) is 5.51. The molecule has 0 spiro atoms. The Kier molecular flexibility index (Phi) is 5.84. The molecule has 2 atom stereocenters. The number of anilines is 1. The van der Waals surface area contributed by atoms with Gasteiger partial charge in [-0.2, -0.15) is 13.2 Å². The first-order valence-corrected chi connectivity index (χ1v) is 9.54. The molecule has 1 aliphatic carbocycles. The number of carbonyl (C=O) groups excluding carboxylic acids is 2. The number of para-hydroxylation sites is 1. The molecule has 27 heavy (non-hydrogen) atoms. The predicted molar refractivity (Wildman–Crippen MR) is 98.0 cm³/mol. The van der Waals surface area contributed by atoms with Crippen LogP contribution >= 0.6 is 11.3 Å². The molecule has 0 radical (unpaired) electrons. The van der Waals surface area contributed by atoms with Crippen molar-refractivity contribution >= 4 is 28.8 Å². The Morgan fingerprint density at radius 3 is 2.52 bits per heavy atom. The van der Waals surface area contributed by atoms with Gasteiger partial charge < -0.3 is 10.6 Å². The van der Waals surface area contributed by atoms with Gasteiger partial charge in [-0.05, 0) is 42.8 Å². The second-order valence-corrected chi connectivity index (χ2v) is 7.50. The summed E-state index contributed by atoms with van der Waals surface area (Å²) in [7, 11) is 0. The maximum Gasteiger partial charge on any atom is 0.391 e. The summed E-state index contributed by atoms with van der Waals surface area (Å²) in [5.74, 6) is -2.20. The Hall–Kier alpha value is -2.35. The summed E-state index contributed by atoms with van der Waals surface area (Å²) in [6.45, 7) is 0. The third kappa shape index (κ3) is 4.88. The van der Waals surface area contributed by atoms with Crippen LogP contribution in [0.15, 0.2) is 41.8 Å². The monoisotopic (exact) mass is 396 g/mol. The topological polar surface area (TPSA) is 58.2 Å². The largest absolute Gasteiger partial charge is 0.391 e. The van der Waals surface area contributed by atoms with Crippen molar-refractivity contribution in [2.75, 3.05) is 5.32 Å². The fourth-order valence-electron chi connectivity index (χ4n) is 3.26. The van der Waals surface area contributed by atoms with Crippen LogP contribution in [0.2, 0.25) is 0 Å². The lowest BCUT2D eigenvalue weighted by Gasteiger charge is -2.31. The molecule has 0 bridgehead atoms. The average Bonchev–Trinajstić information content (AvgIpc) is 3.16. The number of rotatable bonds is 4. The van der Waals surface area contributed by atoms with Crippen molar-refractivity contribution in [1.29, 1.82) is 0 Å². The molecule has 1 heterocycles. The van der Waals surface area contributed by atoms with Crippen LogP contribution in [0.1, 0.15) is 45.7 Å². The maximum atomic E-state index is 13.0. The SMILES string of the molecule is O=C(Nc1ccccc1C(=O)N[C@H]1CCC[C@H](C(F)(F)F)C1)c1cccs1. The van der Waals surface area contributed by atoms with Crippen molar-refractivity contribution in [2.45, 2.75) is 37.9 Å². The molecule has 8 heteroatoms. The molecule has 2 aromatic rings. The van der Waals surface area contributed by atoms with E-state index in [9.17, 15) is 22.8 Å². The van der Waals surface area contributed by atoms with Crippen LogP contribution < -0.4 is 10.6 Å². The quantitative estimate of drug-likeness (QED) is 0.776. The van der Waals surface area contributed by atoms with E-state index in [1.54, 1.807) is 41.8 Å². The van der Waals surface area contributed by atoms with Crippen LogP contribution in [0.3, 0.4) is 0 Å². The van der Waals surface area contributed by atoms with Gasteiger partial charge in [0.2, 0.25) is 0 Å². The number of benzene rings is 1. The van der Waals surface area contributed by atoms with Gasteiger partial charge >= 0.3 is 6.18 Å². The Morgan fingerprint density at radius 2 is 1.81 bits per heavy atom. The van der Waals surface area contributed by atoms with Gasteiger partial charge in [-0.15, -0.1) is 11.3 Å². The van der Waals surface area contributed by atoms with Crippen molar-refractivity contribution < 1.29 is 22.8 Å². The summed E-state index contributed by atoms with van der Waals surface area (Å²) >= 11 is 1.28. The van der Waals surface area contributed by atoms with Crippen molar-refractivity contribution in [1.82, 2.24) is 5.32 Å². The van der Waals surface area contributed by atoms with E-state index >= 15 is 0 Å². The molecular weight excluding hydrogens is 377 g/mol. The molecule has 1 aliphatic rings. The van der Waals surface area contributed by atoms with E-state index in [0.29, 0.717) is 23.4 Å². The molecule has 1 fully saturated rings. The van der Waals surface area contributed by atoms with Gasteiger partial charge in [0.15, 0.2) is 0 Å². The van der Waals surface area contributed by atoms with Gasteiger partial charge in [0, 0.05) is 6.04 Å². The Morgan fingerprint density at radius 1 is 1.04 bits per heavy atom. The summed E-state index contributed by atoms with van der Waals surface area (Å²) in [4.78, 5) is 25.4. The second kappa shape index (κ2) is 8.12. The number of halogens is 3. The van der Waals surface area contributed by atoms with Crippen LogP contribution in [-0.2, 0) is 0 Å². The van der Waals surface area contributed by atoms with Crippen LogP contribution in [0.4, 0.5) is 18.9 Å². The number of hydrogen-bond acceptors (Lipinski definition) is 3. The van der Waals surface area contributed by atoms with E-state index in [2.05, 4.69) is 10.6 Å². The third-order valence-electron chi connectivity index (χ3n) is 4.64. The van der Waals surface area contributed by atoms with Gasteiger partial charge in [0.1, 0.15) is 0 Å². The van der Waals surface area contributed by atoms with Crippen LogP contribution in [-0.4, -0.2) is 24.0 Å². The minimum Gasteiger partial charge on any atom is -0.349 e. The number of nitrogens with one attached hydrogen (secondary N) is 2. The van der Waals surface area contributed by atoms with Gasteiger partial charge in [-0.25, -0.2) is 0 Å². The Labute approximate surface area is 158 Å². The van der Waals surface area contributed by atoms with E-state index in [1.165, 1.54) is 11.3 Å². The first-order chi connectivity index (χ1) is 12.8. The zero-order valence-corrected chi connectivity index (χ0v) is 15.2. The molecule has 0 unspecified atom stereocenters. The highest BCUT2D eigenvalue weighted by Gasteiger charge is 2.42. The molecule has 4 nitrogen and oxygen atoms in total. The summed E-state index contributed by atoms with van der Waals surface area (Å²) in [6.07, 6.45) is -3.31. The average molecular weight is 396 g/mol. The first kappa shape index (κ1) is 19.4. The second-order valence-electron chi connectivity index (χ2n) is 6.55. The summed E-state index contributed by atoms with van der Waals surface area (Å²) < 4.78 is 38.9. The number of alkyl halides is 3. The van der Waals surface area contributed by atoms with Gasteiger partial charge in [0.25, 0.3) is 11.8 Å². The van der Waals surface area contributed by atoms with Crippen LogP contribution in [0, 0.1) is 5.92 Å². The fourth-order valence-corrected chi connectivity index (χ4v) is 3.88. The van der Waals surface area contributed by atoms with Crippen molar-refractivity contribution in [3.8, 4) is 0 Å². The molecule has 1 saturated carbocycles. The Bertz CT molecular complexity index is 806. The lowest BCUT2D eigenvalue weighted by atomic mass is 9.85. The molecule has 1 aromatic carbocycles. The van der Waals surface area contributed by atoms with Gasteiger partial charge in [-0.1, -0.05) is 24.6 Å². The highest BCUT2D eigenvalue weighted by atomic mass is 32.1. The smallest absolute Gasteiger partial charge is 0.349 e. The van der Waals surface area contributed by atoms with Crippen LogP contribution in [0.5, 0.6) is 0 Å². The molecule has 1 aromatic heterocycles. The van der Waals surface area contributed by atoms with E-state index < -0.39 is 24.0 Å². The zero-order chi connectivity index (χ0) is 19.4. The molecule has 144 valence electrons. The molecule has 3 rings (SSSR count). The molecule has 0 saturated heterocycles. The number of hydrogen-bond donors (Lipinski definition) is 2. The normalized spacial score (nSPS) is 20.1. The summed E-state index contributed by atoms with van der Waals surface area (Å²) in [6, 6.07) is 9.36. The minimum absolute atomic E-state index is 0.101. The highest BCUT2D eigenvalue weighted by molar-refractivity contribution is 7.12. The van der Waals surface area contributed by atoms with Crippen molar-refractivity contribution in [3.63, 3.8) is 0 Å². The highest BCUT2D eigenvalue weighted by Crippen LogP contribution is 2.37. The Balaban J connectivity index is 1.69. The molecular formula is C19H19F3N2O2S. The van der Waals surface area contributed by atoms with Crippen LogP contribution in [0.25, 0.3) is 0 Å². The molecule has 0 aliphatic heterocycles. The number of amides is 2. The van der Waals surface area contributed by atoms with E-state index in [-0.39, 0.29) is 24.3 Å². The lowest BCUT2D eigenvalue weighted by molar-refractivity contribution is -0.183. The van der Waals surface area contributed by atoms with Gasteiger partial charge in [-0.3, -0.25) is 9.59 Å². The first-order valence-electron chi connectivity index (χ1n) is 8.66. The van der Waals surface area contributed by atoms with Gasteiger partial charge in [0.05, 0.1) is 22.0 Å². The maximum absolute atomic E-state index is 13.0. The lowest BCUT2D eigenvalue weighted by Crippen LogP contribution is -2.41. The van der Waals surface area contributed by atoms with Crippen molar-refractivity contribution in [3.05, 3.63) is 52.2 Å². The summed E-state index contributed by atoms with van der Waals surface area (Å²) in [5.41, 5.74) is 0.563. The summed E-state index contributed by atoms with van der Waals surface area (Å²) in [5, 5.41) is 7.16. The van der Waals surface area contributed by atoms with E-state index in [0.717, 1.165) is 0 Å². The predicted octanol–water partition coefficient (Wildman–Crippen LogP) is 4.85. The number of carbonyl (C=O) groups is 2. The van der Waals surface area contributed by atoms with Crippen molar-refractivity contribution in [2.24, 2.45) is 5.92 Å². The fraction of sp³-hybridized carbons (Fsp3) is 0.368. The minimum atomic E-state index is -4.24. The standard InChI is InChI=1S/C19H19F3N2O2S/c20-19(21,22)12-5-3-6-13(11-12)23-17(25)14-7-1-2-8-15(14)24-18(26)16-9-4-10-27-16/h1-2,4,7-10,12-13H,3,5-6,11H2,(H,23,25)(H,24,26)/t12-,13-/m0/s1. The zero-order valence-electron chi connectivity index (χ0n) is 14.4. The molecule has 2 N–H and O–H groups in total. The van der Waals surface area contributed by atoms with E-state index in [1.807, 2.05) is 0 Å². The van der Waals surface area contributed by atoms with E-state index in [4.69, 9.17) is 0 Å². The number of thiophene rings is 1.